The van der Waals surface area contributed by atoms with Gasteiger partial charge in [0.25, 0.3) is 5.56 Å². The first-order valence-corrected chi connectivity index (χ1v) is 11.9. The smallest absolute Gasteiger partial charge is 0.339 e. The van der Waals surface area contributed by atoms with Crippen LogP contribution in [0.15, 0.2) is 65.5 Å². The van der Waals surface area contributed by atoms with Crippen molar-refractivity contribution in [1.29, 1.82) is 0 Å². The molecule has 1 aromatic heterocycles. The summed E-state index contributed by atoms with van der Waals surface area (Å²) in [5.74, 6) is 0.917. The van der Waals surface area contributed by atoms with Gasteiger partial charge in [0.05, 0.1) is 27.8 Å². The molecule has 4 aromatic rings. The standard InChI is InChI=1S/C26H22ClNO4S/c1-31-26(30)22-12-19(7-10-23(22)27)18-4-2-3-17(11-18)15-32-20-8-9-21-24(13-20)33-28(25(21)29)14-16-5-6-16/h2-4,7-13,16H,5-6,14-15H2,1H3. The Hall–Kier alpha value is -3.09. The van der Waals surface area contributed by atoms with Crippen molar-refractivity contribution in [3.05, 3.63) is 87.2 Å². The third kappa shape index (κ3) is 4.68. The van der Waals surface area contributed by atoms with E-state index in [9.17, 15) is 9.59 Å². The van der Waals surface area contributed by atoms with Crippen LogP contribution < -0.4 is 10.3 Å². The van der Waals surface area contributed by atoms with Crippen molar-refractivity contribution in [2.45, 2.75) is 26.0 Å². The quantitative estimate of drug-likeness (QED) is 0.298. The molecular formula is C26H22ClNO4S. The average molecular weight is 480 g/mol. The molecule has 0 atom stereocenters. The summed E-state index contributed by atoms with van der Waals surface area (Å²) < 4.78 is 13.7. The van der Waals surface area contributed by atoms with Crippen LogP contribution in [-0.2, 0) is 17.9 Å². The Bertz CT molecular complexity index is 1400. The summed E-state index contributed by atoms with van der Waals surface area (Å²) in [4.78, 5) is 24.5. The zero-order chi connectivity index (χ0) is 22.9. The fraction of sp³-hybridized carbons (Fsp3) is 0.231. The summed E-state index contributed by atoms with van der Waals surface area (Å²) in [5.41, 5.74) is 3.23. The summed E-state index contributed by atoms with van der Waals surface area (Å²) in [6.45, 7) is 1.21. The minimum absolute atomic E-state index is 0.0930. The van der Waals surface area contributed by atoms with Crippen LogP contribution in [0.5, 0.6) is 5.75 Å². The largest absolute Gasteiger partial charge is 0.489 e. The van der Waals surface area contributed by atoms with Crippen molar-refractivity contribution in [1.82, 2.24) is 3.96 Å². The van der Waals surface area contributed by atoms with Gasteiger partial charge in [-0.05, 0) is 71.8 Å². The summed E-state index contributed by atoms with van der Waals surface area (Å²) in [7, 11) is 1.33. The molecule has 5 nitrogen and oxygen atoms in total. The van der Waals surface area contributed by atoms with Crippen LogP contribution in [0, 0.1) is 5.92 Å². The van der Waals surface area contributed by atoms with E-state index in [0.29, 0.717) is 23.1 Å². The van der Waals surface area contributed by atoms with Crippen LogP contribution in [0.3, 0.4) is 0 Å². The van der Waals surface area contributed by atoms with E-state index < -0.39 is 5.97 Å². The molecule has 1 aliphatic carbocycles. The number of rotatable bonds is 7. The molecule has 0 saturated heterocycles. The van der Waals surface area contributed by atoms with Crippen molar-refractivity contribution >= 4 is 39.2 Å². The lowest BCUT2D eigenvalue weighted by atomic mass is 10.0. The van der Waals surface area contributed by atoms with Gasteiger partial charge in [-0.1, -0.05) is 47.4 Å². The number of aromatic nitrogens is 1. The van der Waals surface area contributed by atoms with Crippen molar-refractivity contribution < 1.29 is 14.3 Å². The van der Waals surface area contributed by atoms with Gasteiger partial charge in [-0.2, -0.15) is 0 Å². The molecule has 5 rings (SSSR count). The van der Waals surface area contributed by atoms with Crippen LogP contribution in [0.2, 0.25) is 5.02 Å². The van der Waals surface area contributed by atoms with E-state index in [4.69, 9.17) is 21.1 Å². The molecule has 33 heavy (non-hydrogen) atoms. The molecule has 0 aliphatic heterocycles. The predicted octanol–water partition coefficient (Wildman–Crippen LogP) is 6.16. The number of benzene rings is 3. The fourth-order valence-electron chi connectivity index (χ4n) is 3.77. The molecule has 1 heterocycles. The Balaban J connectivity index is 1.33. The van der Waals surface area contributed by atoms with Crippen LogP contribution in [-0.4, -0.2) is 17.0 Å². The second kappa shape index (κ2) is 9.04. The highest BCUT2D eigenvalue weighted by molar-refractivity contribution is 7.13. The molecule has 0 unspecified atom stereocenters. The summed E-state index contributed by atoms with van der Waals surface area (Å²) in [6, 6.07) is 18.9. The number of methoxy groups -OCH3 is 1. The highest BCUT2D eigenvalue weighted by Gasteiger charge is 2.23. The van der Waals surface area contributed by atoms with E-state index in [1.807, 2.05) is 52.5 Å². The Morgan fingerprint density at radius 1 is 1.09 bits per heavy atom. The van der Waals surface area contributed by atoms with Gasteiger partial charge in [0.2, 0.25) is 0 Å². The third-order valence-corrected chi connectivity index (χ3v) is 7.18. The van der Waals surface area contributed by atoms with Gasteiger partial charge in [0.1, 0.15) is 12.4 Å². The highest BCUT2D eigenvalue weighted by atomic mass is 35.5. The predicted molar refractivity (Wildman–Crippen MR) is 131 cm³/mol. The number of ether oxygens (including phenoxy) is 2. The maximum absolute atomic E-state index is 12.6. The number of hydrogen-bond donors (Lipinski definition) is 0. The van der Waals surface area contributed by atoms with Gasteiger partial charge in [-0.15, -0.1) is 0 Å². The van der Waals surface area contributed by atoms with Gasteiger partial charge in [-0.25, -0.2) is 4.79 Å². The number of carbonyl (C=O) groups excluding carboxylic acids is 1. The van der Waals surface area contributed by atoms with E-state index in [1.54, 1.807) is 12.1 Å². The summed E-state index contributed by atoms with van der Waals surface area (Å²) in [5, 5.41) is 1.10. The summed E-state index contributed by atoms with van der Waals surface area (Å²) in [6.07, 6.45) is 2.43. The maximum atomic E-state index is 12.6. The number of hydrogen-bond acceptors (Lipinski definition) is 5. The van der Waals surface area contributed by atoms with Crippen molar-refractivity contribution in [3.8, 4) is 16.9 Å². The first-order chi connectivity index (χ1) is 16.0. The first-order valence-electron chi connectivity index (χ1n) is 10.8. The molecule has 168 valence electrons. The third-order valence-electron chi connectivity index (χ3n) is 5.78. The van der Waals surface area contributed by atoms with Crippen LogP contribution in [0.1, 0.15) is 28.8 Å². The van der Waals surface area contributed by atoms with E-state index in [0.717, 1.165) is 39.1 Å². The SMILES string of the molecule is COC(=O)c1cc(-c2cccc(COc3ccc4c(=O)n(CC5CC5)sc4c3)c2)ccc1Cl. The monoisotopic (exact) mass is 479 g/mol. The van der Waals surface area contributed by atoms with Gasteiger partial charge < -0.3 is 9.47 Å². The number of fused-ring (bicyclic) bond motifs is 1. The molecule has 0 radical (unpaired) electrons. The van der Waals surface area contributed by atoms with E-state index in [2.05, 4.69) is 0 Å². The number of carbonyl (C=O) groups is 1. The number of esters is 1. The first kappa shape index (κ1) is 21.7. The lowest BCUT2D eigenvalue weighted by Gasteiger charge is -2.10. The van der Waals surface area contributed by atoms with Crippen LogP contribution in [0.25, 0.3) is 21.2 Å². The number of halogens is 1. The highest BCUT2D eigenvalue weighted by Crippen LogP contribution is 2.32. The number of nitrogens with zero attached hydrogens (tertiary/aromatic N) is 1. The van der Waals surface area contributed by atoms with Gasteiger partial charge in [0.15, 0.2) is 0 Å². The molecule has 7 heteroatoms. The maximum Gasteiger partial charge on any atom is 0.339 e. The van der Waals surface area contributed by atoms with Crippen LogP contribution in [0.4, 0.5) is 0 Å². The lowest BCUT2D eigenvalue weighted by Crippen LogP contribution is -2.13. The molecule has 1 fully saturated rings. The lowest BCUT2D eigenvalue weighted by molar-refractivity contribution is 0.0601. The molecule has 0 amide bonds. The molecule has 0 spiro atoms. The minimum atomic E-state index is -0.468. The van der Waals surface area contributed by atoms with E-state index in [-0.39, 0.29) is 5.56 Å². The minimum Gasteiger partial charge on any atom is -0.489 e. The second-order valence-electron chi connectivity index (χ2n) is 8.23. The van der Waals surface area contributed by atoms with Crippen molar-refractivity contribution in [2.24, 2.45) is 5.92 Å². The van der Waals surface area contributed by atoms with Gasteiger partial charge in [-0.3, -0.25) is 8.75 Å². The molecule has 3 aromatic carbocycles. The summed E-state index contributed by atoms with van der Waals surface area (Å²) >= 11 is 7.66. The van der Waals surface area contributed by atoms with Gasteiger partial charge in [0, 0.05) is 6.54 Å². The topological polar surface area (TPSA) is 57.5 Å². The Morgan fingerprint density at radius 3 is 2.70 bits per heavy atom. The van der Waals surface area contributed by atoms with E-state index >= 15 is 0 Å². The fourth-order valence-corrected chi connectivity index (χ4v) is 5.09. The van der Waals surface area contributed by atoms with Crippen molar-refractivity contribution in [2.75, 3.05) is 7.11 Å². The van der Waals surface area contributed by atoms with Crippen LogP contribution >= 0.6 is 23.1 Å². The molecule has 1 saturated carbocycles. The average Bonchev–Trinajstić information content (AvgIpc) is 3.60. The molecular weight excluding hydrogens is 458 g/mol. The Morgan fingerprint density at radius 2 is 1.91 bits per heavy atom. The Labute approximate surface area is 200 Å². The zero-order valence-corrected chi connectivity index (χ0v) is 19.6. The zero-order valence-electron chi connectivity index (χ0n) is 18.0. The molecule has 0 bridgehead atoms. The normalized spacial score (nSPS) is 13.3. The van der Waals surface area contributed by atoms with Crippen molar-refractivity contribution in [3.63, 3.8) is 0 Å². The molecule has 1 aliphatic rings. The van der Waals surface area contributed by atoms with E-state index in [1.165, 1.54) is 31.5 Å². The molecule has 0 N–H and O–H groups in total. The second-order valence-corrected chi connectivity index (χ2v) is 9.70. The van der Waals surface area contributed by atoms with Gasteiger partial charge >= 0.3 is 5.97 Å². The Kier molecular flexibility index (Phi) is 5.96.